The zero-order valence-corrected chi connectivity index (χ0v) is 17.0. The quantitative estimate of drug-likeness (QED) is 0.717. The molecule has 0 bridgehead atoms. The summed E-state index contributed by atoms with van der Waals surface area (Å²) in [5.41, 5.74) is 0.306. The monoisotopic (exact) mass is 407 g/mol. The predicted molar refractivity (Wildman–Crippen MR) is 105 cm³/mol. The molecule has 3 fully saturated rings. The van der Waals surface area contributed by atoms with E-state index in [0.29, 0.717) is 37.8 Å². The third-order valence-corrected chi connectivity index (χ3v) is 8.34. The number of ether oxygens (including phenoxy) is 2. The maximum absolute atomic E-state index is 12.8. The van der Waals surface area contributed by atoms with Gasteiger partial charge in [-0.1, -0.05) is 31.7 Å². The van der Waals surface area contributed by atoms with Gasteiger partial charge in [0.1, 0.15) is 6.10 Å². The first-order chi connectivity index (χ1) is 13.5. The molecule has 28 heavy (non-hydrogen) atoms. The highest BCUT2D eigenvalue weighted by Crippen LogP contribution is 2.41. The Balaban J connectivity index is 1.43. The molecule has 4 rings (SSSR count). The van der Waals surface area contributed by atoms with E-state index in [1.165, 1.54) is 42.1 Å². The van der Waals surface area contributed by atoms with E-state index in [-0.39, 0.29) is 11.0 Å². The lowest BCUT2D eigenvalue weighted by atomic mass is 9.70. The number of fused-ring (bicyclic) bond motifs is 1. The SMILES string of the molecule is O=C(O[C@@H]1CC[C@@H]2CCCC[C@@H]2C1)c1cccc(S(=O)(=O)N2CCOCC2)c1. The Hall–Kier alpha value is -1.44. The molecule has 1 heterocycles. The van der Waals surface area contributed by atoms with Gasteiger partial charge in [0.25, 0.3) is 0 Å². The van der Waals surface area contributed by atoms with E-state index < -0.39 is 16.0 Å². The van der Waals surface area contributed by atoms with Crippen molar-refractivity contribution in [3.05, 3.63) is 29.8 Å². The summed E-state index contributed by atoms with van der Waals surface area (Å²) in [6.07, 6.45) is 8.11. The summed E-state index contributed by atoms with van der Waals surface area (Å²) in [5, 5.41) is 0. The molecule has 2 saturated carbocycles. The van der Waals surface area contributed by atoms with Crippen molar-refractivity contribution < 1.29 is 22.7 Å². The number of morpholine rings is 1. The van der Waals surface area contributed by atoms with Crippen molar-refractivity contribution in [2.45, 2.75) is 55.9 Å². The van der Waals surface area contributed by atoms with Gasteiger partial charge in [0.05, 0.1) is 23.7 Å². The van der Waals surface area contributed by atoms with Gasteiger partial charge >= 0.3 is 5.97 Å². The Morgan fingerprint density at radius 2 is 1.79 bits per heavy atom. The molecule has 0 radical (unpaired) electrons. The Bertz CT molecular complexity index is 803. The minimum atomic E-state index is -3.62. The van der Waals surface area contributed by atoms with Crippen LogP contribution in [0.2, 0.25) is 0 Å². The Morgan fingerprint density at radius 1 is 1.04 bits per heavy atom. The van der Waals surface area contributed by atoms with Crippen LogP contribution in [0.5, 0.6) is 0 Å². The molecular weight excluding hydrogens is 378 g/mol. The van der Waals surface area contributed by atoms with Gasteiger partial charge in [-0.25, -0.2) is 13.2 Å². The number of benzene rings is 1. The number of carbonyl (C=O) groups is 1. The Morgan fingerprint density at radius 3 is 2.57 bits per heavy atom. The third-order valence-electron chi connectivity index (χ3n) is 6.44. The summed E-state index contributed by atoms with van der Waals surface area (Å²) < 4.78 is 38.1. The van der Waals surface area contributed by atoms with Crippen LogP contribution in [0.3, 0.4) is 0 Å². The van der Waals surface area contributed by atoms with E-state index in [4.69, 9.17) is 9.47 Å². The second-order valence-corrected chi connectivity index (χ2v) is 10.1. The first-order valence-corrected chi connectivity index (χ1v) is 11.9. The molecular formula is C21H29NO5S. The summed E-state index contributed by atoms with van der Waals surface area (Å²) >= 11 is 0. The van der Waals surface area contributed by atoms with E-state index in [2.05, 4.69) is 0 Å². The van der Waals surface area contributed by atoms with E-state index in [0.717, 1.165) is 25.2 Å². The van der Waals surface area contributed by atoms with Gasteiger partial charge in [0.2, 0.25) is 10.0 Å². The highest BCUT2D eigenvalue weighted by atomic mass is 32.2. The molecule has 7 heteroatoms. The van der Waals surface area contributed by atoms with E-state index in [1.807, 2.05) is 0 Å². The van der Waals surface area contributed by atoms with Gasteiger partial charge in [-0.15, -0.1) is 0 Å². The predicted octanol–water partition coefficient (Wildman–Crippen LogP) is 3.22. The molecule has 0 unspecified atom stereocenters. The highest BCUT2D eigenvalue weighted by molar-refractivity contribution is 7.89. The second kappa shape index (κ2) is 8.51. The minimum absolute atomic E-state index is 0.0497. The summed E-state index contributed by atoms with van der Waals surface area (Å²) in [4.78, 5) is 12.8. The number of hydrogen-bond donors (Lipinski definition) is 0. The van der Waals surface area contributed by atoms with Crippen LogP contribution in [-0.4, -0.2) is 51.1 Å². The van der Waals surface area contributed by atoms with Crippen molar-refractivity contribution in [2.24, 2.45) is 11.8 Å². The molecule has 154 valence electrons. The molecule has 2 aliphatic carbocycles. The molecule has 6 nitrogen and oxygen atoms in total. The largest absolute Gasteiger partial charge is 0.459 e. The molecule has 0 amide bonds. The Kier molecular flexibility index (Phi) is 6.04. The standard InChI is InChI=1S/C21H29NO5S/c23-21(27-19-9-8-16-4-1-2-5-17(16)14-19)18-6-3-7-20(15-18)28(24,25)22-10-12-26-13-11-22/h3,6-7,15-17,19H,1-2,4-5,8-14H2/t16-,17+,19+/m0/s1. The van der Waals surface area contributed by atoms with Crippen molar-refractivity contribution in [1.82, 2.24) is 4.31 Å². The molecule has 1 aromatic carbocycles. The van der Waals surface area contributed by atoms with E-state index in [1.54, 1.807) is 12.1 Å². The van der Waals surface area contributed by atoms with Crippen LogP contribution in [0.1, 0.15) is 55.3 Å². The molecule has 0 N–H and O–H groups in total. The molecule has 1 saturated heterocycles. The zero-order chi connectivity index (χ0) is 19.6. The lowest BCUT2D eigenvalue weighted by molar-refractivity contribution is -0.000949. The van der Waals surface area contributed by atoms with Gasteiger partial charge in [0.15, 0.2) is 0 Å². The number of rotatable bonds is 4. The number of hydrogen-bond acceptors (Lipinski definition) is 5. The lowest BCUT2D eigenvalue weighted by Crippen LogP contribution is -2.40. The topological polar surface area (TPSA) is 72.9 Å². The van der Waals surface area contributed by atoms with Crippen molar-refractivity contribution >= 4 is 16.0 Å². The summed E-state index contributed by atoms with van der Waals surface area (Å²) in [5.74, 6) is 1.05. The van der Waals surface area contributed by atoms with Gasteiger partial charge < -0.3 is 9.47 Å². The first-order valence-electron chi connectivity index (χ1n) is 10.4. The van der Waals surface area contributed by atoms with Crippen LogP contribution in [-0.2, 0) is 19.5 Å². The highest BCUT2D eigenvalue weighted by Gasteiger charge is 2.34. The zero-order valence-electron chi connectivity index (χ0n) is 16.2. The molecule has 1 aromatic rings. The van der Waals surface area contributed by atoms with Crippen molar-refractivity contribution in [1.29, 1.82) is 0 Å². The van der Waals surface area contributed by atoms with Crippen molar-refractivity contribution in [2.75, 3.05) is 26.3 Å². The third kappa shape index (κ3) is 4.26. The molecule has 3 aliphatic rings. The maximum Gasteiger partial charge on any atom is 0.338 e. The van der Waals surface area contributed by atoms with Crippen LogP contribution < -0.4 is 0 Å². The lowest BCUT2D eigenvalue weighted by Gasteiger charge is -2.38. The average molecular weight is 408 g/mol. The molecule has 1 aliphatic heterocycles. The normalized spacial score (nSPS) is 29.1. The maximum atomic E-state index is 12.8. The molecule has 0 spiro atoms. The smallest absolute Gasteiger partial charge is 0.338 e. The molecule has 0 aromatic heterocycles. The summed E-state index contributed by atoms with van der Waals surface area (Å²) in [6.45, 7) is 1.46. The van der Waals surface area contributed by atoms with Gasteiger partial charge in [-0.05, 0) is 49.3 Å². The van der Waals surface area contributed by atoms with E-state index >= 15 is 0 Å². The average Bonchev–Trinajstić information content (AvgIpc) is 2.74. The second-order valence-electron chi connectivity index (χ2n) is 8.19. The van der Waals surface area contributed by atoms with Gasteiger partial charge in [0, 0.05) is 13.1 Å². The minimum Gasteiger partial charge on any atom is -0.459 e. The van der Waals surface area contributed by atoms with Crippen LogP contribution >= 0.6 is 0 Å². The fourth-order valence-corrected chi connectivity index (χ4v) is 6.33. The number of sulfonamides is 1. The first kappa shape index (κ1) is 19.9. The fraction of sp³-hybridized carbons (Fsp3) is 0.667. The fourth-order valence-electron chi connectivity index (χ4n) is 4.88. The van der Waals surface area contributed by atoms with Crippen molar-refractivity contribution in [3.63, 3.8) is 0 Å². The summed E-state index contributed by atoms with van der Waals surface area (Å²) in [7, 11) is -3.62. The van der Waals surface area contributed by atoms with Gasteiger partial charge in [-0.3, -0.25) is 0 Å². The summed E-state index contributed by atoms with van der Waals surface area (Å²) in [6, 6.07) is 6.23. The number of nitrogens with zero attached hydrogens (tertiary/aromatic N) is 1. The van der Waals surface area contributed by atoms with Crippen LogP contribution in [0, 0.1) is 11.8 Å². The van der Waals surface area contributed by atoms with Crippen LogP contribution in [0.25, 0.3) is 0 Å². The Labute approximate surface area is 167 Å². The van der Waals surface area contributed by atoms with E-state index in [9.17, 15) is 13.2 Å². The van der Waals surface area contributed by atoms with Crippen molar-refractivity contribution in [3.8, 4) is 0 Å². The molecule has 3 atom stereocenters. The van der Waals surface area contributed by atoms with Crippen LogP contribution in [0.15, 0.2) is 29.2 Å². The number of esters is 1. The van der Waals surface area contributed by atoms with Gasteiger partial charge in [-0.2, -0.15) is 4.31 Å². The van der Waals surface area contributed by atoms with Crippen LogP contribution in [0.4, 0.5) is 0 Å². The number of carbonyl (C=O) groups excluding carboxylic acids is 1.